The monoisotopic (exact) mass is 421 g/mol. The molecule has 0 aliphatic carbocycles. The molecule has 1 heterocycles. The molecule has 2 aromatic carbocycles. The van der Waals surface area contributed by atoms with Crippen LogP contribution in [-0.4, -0.2) is 36.8 Å². The maximum absolute atomic E-state index is 10.9. The molecular weight excluding hydrogens is 394 g/mol. The maximum atomic E-state index is 10.9. The first-order valence-electron chi connectivity index (χ1n) is 10.0. The van der Waals surface area contributed by atoms with E-state index in [9.17, 15) is 4.79 Å². The smallest absolute Gasteiger partial charge is 0.330 e. The van der Waals surface area contributed by atoms with Gasteiger partial charge in [-0.05, 0) is 37.1 Å². The summed E-state index contributed by atoms with van der Waals surface area (Å²) in [5.41, 5.74) is 2.20. The third-order valence-electron chi connectivity index (χ3n) is 5.02. The summed E-state index contributed by atoms with van der Waals surface area (Å²) in [5.74, 6) is 1.32. The number of fused-ring (bicyclic) bond motifs is 1. The number of carboxylic acid groups (broad SMARTS) is 1. The summed E-state index contributed by atoms with van der Waals surface area (Å²) in [4.78, 5) is 15.4. The number of rotatable bonds is 11. The number of benzene rings is 2. The van der Waals surface area contributed by atoms with E-state index in [1.807, 2.05) is 42.5 Å². The summed E-state index contributed by atoms with van der Waals surface area (Å²) < 4.78 is 10.7. The summed E-state index contributed by atoms with van der Waals surface area (Å²) in [6.07, 6.45) is 2.91. The summed E-state index contributed by atoms with van der Waals surface area (Å²) in [5, 5.41) is 17.7. The minimum atomic E-state index is -0.944. The Bertz CT molecular complexity index is 1080. The number of nitrogens with one attached hydrogen (secondary N) is 2. The van der Waals surface area contributed by atoms with Crippen LogP contribution >= 0.6 is 0 Å². The molecule has 0 radical (unpaired) electrons. The number of aromatic nitrogens is 1. The predicted molar refractivity (Wildman–Crippen MR) is 123 cm³/mol. The molecule has 1 aromatic heterocycles. The van der Waals surface area contributed by atoms with Gasteiger partial charge in [-0.3, -0.25) is 0 Å². The van der Waals surface area contributed by atoms with Gasteiger partial charge >= 0.3 is 5.97 Å². The van der Waals surface area contributed by atoms with E-state index in [4.69, 9.17) is 14.6 Å². The van der Waals surface area contributed by atoms with Crippen molar-refractivity contribution < 1.29 is 19.4 Å². The van der Waals surface area contributed by atoms with Gasteiger partial charge in [-0.2, -0.15) is 0 Å². The van der Waals surface area contributed by atoms with Crippen LogP contribution < -0.4 is 20.1 Å². The average molecular weight is 421 g/mol. The first kappa shape index (κ1) is 22.0. The van der Waals surface area contributed by atoms with Crippen molar-refractivity contribution in [2.45, 2.75) is 19.4 Å². The second-order valence-electron chi connectivity index (χ2n) is 7.03. The van der Waals surface area contributed by atoms with Crippen molar-refractivity contribution in [1.82, 2.24) is 4.98 Å². The van der Waals surface area contributed by atoms with Gasteiger partial charge in [0.25, 0.3) is 0 Å². The Balaban J connectivity index is 1.72. The van der Waals surface area contributed by atoms with Gasteiger partial charge in [0.1, 0.15) is 17.3 Å². The number of hydrogen-bond acceptors (Lipinski definition) is 6. The fourth-order valence-electron chi connectivity index (χ4n) is 3.31. The van der Waals surface area contributed by atoms with E-state index in [1.54, 1.807) is 20.4 Å². The van der Waals surface area contributed by atoms with Crippen LogP contribution in [0.25, 0.3) is 10.8 Å². The van der Waals surface area contributed by atoms with Crippen LogP contribution in [0, 0.1) is 0 Å². The highest BCUT2D eigenvalue weighted by Crippen LogP contribution is 2.29. The Kier molecular flexibility index (Phi) is 7.32. The highest BCUT2D eigenvalue weighted by atomic mass is 16.5. The van der Waals surface area contributed by atoms with Gasteiger partial charge in [-0.25, -0.2) is 9.78 Å². The molecule has 7 heteroatoms. The zero-order valence-electron chi connectivity index (χ0n) is 17.8. The Morgan fingerprint density at radius 2 is 1.94 bits per heavy atom. The number of anilines is 2. The van der Waals surface area contributed by atoms with Crippen molar-refractivity contribution in [3.63, 3.8) is 0 Å². The van der Waals surface area contributed by atoms with Gasteiger partial charge < -0.3 is 25.2 Å². The van der Waals surface area contributed by atoms with E-state index in [-0.39, 0.29) is 5.57 Å². The molecule has 0 saturated heterocycles. The van der Waals surface area contributed by atoms with Gasteiger partial charge in [0.15, 0.2) is 0 Å². The lowest BCUT2D eigenvalue weighted by Crippen LogP contribution is -2.06. The first-order valence-corrected chi connectivity index (χ1v) is 10.0. The van der Waals surface area contributed by atoms with Crippen LogP contribution in [0.2, 0.25) is 0 Å². The standard InChI is InChI=1S/C24H27N3O4/c1-16(24(28)29)6-5-12-25-21-8-4-7-20-19(21)11-13-26-23(20)27-15-17-9-10-18(30-2)14-22(17)31-3/h4,7-11,13-14,25H,1,5-6,12,15H2,2-3H3,(H,26,27)(H,28,29). The van der Waals surface area contributed by atoms with Gasteiger partial charge in [-0.15, -0.1) is 0 Å². The largest absolute Gasteiger partial charge is 0.497 e. The van der Waals surface area contributed by atoms with Gasteiger partial charge in [0.2, 0.25) is 0 Å². The third-order valence-corrected chi connectivity index (χ3v) is 5.02. The second-order valence-corrected chi connectivity index (χ2v) is 7.03. The average Bonchev–Trinajstić information content (AvgIpc) is 2.80. The lowest BCUT2D eigenvalue weighted by Gasteiger charge is -2.14. The van der Waals surface area contributed by atoms with Crippen molar-refractivity contribution in [2.24, 2.45) is 0 Å². The Hall–Kier alpha value is -3.74. The second kappa shape index (κ2) is 10.3. The zero-order chi connectivity index (χ0) is 22.2. The van der Waals surface area contributed by atoms with E-state index < -0.39 is 5.97 Å². The molecule has 0 unspecified atom stereocenters. The normalized spacial score (nSPS) is 10.5. The van der Waals surface area contributed by atoms with Crippen LogP contribution in [0.1, 0.15) is 18.4 Å². The van der Waals surface area contributed by atoms with E-state index in [2.05, 4.69) is 22.2 Å². The van der Waals surface area contributed by atoms with E-state index >= 15 is 0 Å². The highest BCUT2D eigenvalue weighted by molar-refractivity contribution is 5.99. The predicted octanol–water partition coefficient (Wildman–Crippen LogP) is 4.70. The van der Waals surface area contributed by atoms with Gasteiger partial charge in [0.05, 0.1) is 14.2 Å². The topological polar surface area (TPSA) is 92.7 Å². The molecule has 3 aromatic rings. The van der Waals surface area contributed by atoms with Crippen molar-refractivity contribution >= 4 is 28.2 Å². The molecule has 7 nitrogen and oxygen atoms in total. The number of carboxylic acids is 1. The summed E-state index contributed by atoms with van der Waals surface area (Å²) in [6, 6.07) is 13.7. The van der Waals surface area contributed by atoms with Crippen LogP contribution in [0.3, 0.4) is 0 Å². The number of nitrogens with zero attached hydrogens (tertiary/aromatic N) is 1. The van der Waals surface area contributed by atoms with Crippen molar-refractivity contribution in [3.05, 3.63) is 66.4 Å². The Morgan fingerprint density at radius 3 is 2.68 bits per heavy atom. The van der Waals surface area contributed by atoms with Crippen molar-refractivity contribution in [2.75, 3.05) is 31.4 Å². The van der Waals surface area contributed by atoms with Crippen molar-refractivity contribution in [3.8, 4) is 11.5 Å². The quantitative estimate of drug-likeness (QED) is 0.305. The molecule has 0 spiro atoms. The number of ether oxygens (including phenoxy) is 2. The molecule has 0 bridgehead atoms. The first-order chi connectivity index (χ1) is 15.0. The highest BCUT2D eigenvalue weighted by Gasteiger charge is 2.09. The molecular formula is C24H27N3O4. The molecule has 162 valence electrons. The minimum absolute atomic E-state index is 0.226. The van der Waals surface area contributed by atoms with Gasteiger partial charge in [-0.1, -0.05) is 18.7 Å². The van der Waals surface area contributed by atoms with E-state index in [0.717, 1.165) is 39.3 Å². The molecule has 0 amide bonds. The van der Waals surface area contributed by atoms with E-state index in [1.165, 1.54) is 0 Å². The molecule has 0 atom stereocenters. The summed E-state index contributed by atoms with van der Waals surface area (Å²) in [6.45, 7) is 4.77. The number of carbonyl (C=O) groups is 1. The minimum Gasteiger partial charge on any atom is -0.497 e. The number of aliphatic carboxylic acids is 1. The van der Waals surface area contributed by atoms with E-state index in [0.29, 0.717) is 25.9 Å². The molecule has 0 aliphatic heterocycles. The summed E-state index contributed by atoms with van der Waals surface area (Å²) in [7, 11) is 3.26. The maximum Gasteiger partial charge on any atom is 0.330 e. The molecule has 0 aliphatic rings. The lowest BCUT2D eigenvalue weighted by molar-refractivity contribution is -0.132. The van der Waals surface area contributed by atoms with Crippen LogP contribution in [-0.2, 0) is 11.3 Å². The van der Waals surface area contributed by atoms with Crippen molar-refractivity contribution in [1.29, 1.82) is 0 Å². The summed E-state index contributed by atoms with van der Waals surface area (Å²) >= 11 is 0. The fraction of sp³-hybridized carbons (Fsp3) is 0.250. The Labute approximate surface area is 181 Å². The van der Waals surface area contributed by atoms with Crippen LogP contribution in [0.5, 0.6) is 11.5 Å². The molecule has 3 rings (SSSR count). The number of pyridine rings is 1. The lowest BCUT2D eigenvalue weighted by atomic mass is 10.1. The number of methoxy groups -OCH3 is 2. The molecule has 3 N–H and O–H groups in total. The fourth-order valence-corrected chi connectivity index (χ4v) is 3.31. The van der Waals surface area contributed by atoms with Crippen LogP contribution in [0.4, 0.5) is 11.5 Å². The molecule has 31 heavy (non-hydrogen) atoms. The zero-order valence-corrected chi connectivity index (χ0v) is 17.8. The molecule has 0 saturated carbocycles. The SMILES string of the molecule is C=C(CCCNc1cccc2c(NCc3ccc(OC)cc3OC)nccc12)C(=O)O. The third kappa shape index (κ3) is 5.45. The van der Waals surface area contributed by atoms with Crippen LogP contribution in [0.15, 0.2) is 60.8 Å². The number of hydrogen-bond donors (Lipinski definition) is 3. The molecule has 0 fully saturated rings. The Morgan fingerprint density at radius 1 is 1.10 bits per heavy atom. The van der Waals surface area contributed by atoms with Gasteiger partial charge in [0, 0.05) is 52.9 Å².